The Kier molecular flexibility index (Phi) is 5.46. The van der Waals surface area contributed by atoms with Gasteiger partial charge < -0.3 is 9.84 Å². The Morgan fingerprint density at radius 2 is 2.12 bits per heavy atom. The number of hydrogen-bond acceptors (Lipinski definition) is 5. The maximum Gasteiger partial charge on any atom is 0.266 e. The number of hydrogen-bond donors (Lipinski definition) is 1. The average Bonchev–Trinajstić information content (AvgIpc) is 2.85. The Hall–Kier alpha value is -1.53. The zero-order valence-corrected chi connectivity index (χ0v) is 15.3. The highest BCUT2D eigenvalue weighted by Gasteiger charge is 2.37. The van der Waals surface area contributed by atoms with Crippen LogP contribution in [0, 0.1) is 0 Å². The lowest BCUT2D eigenvalue weighted by molar-refractivity contribution is -0.124. The van der Waals surface area contributed by atoms with Crippen molar-refractivity contribution < 1.29 is 14.6 Å². The molecule has 1 heterocycles. The number of phenolic OH excluding ortho intramolecular Hbond substituents is 1. The third-order valence-electron chi connectivity index (χ3n) is 4.34. The minimum Gasteiger partial charge on any atom is -0.504 e. The fraction of sp³-hybridized carbons (Fsp3) is 0.444. The number of aromatic hydroxyl groups is 1. The molecule has 1 aromatic carbocycles. The number of ether oxygens (including phenoxy) is 1. The van der Waals surface area contributed by atoms with Crippen molar-refractivity contribution in [2.45, 2.75) is 45.1 Å². The van der Waals surface area contributed by atoms with Crippen molar-refractivity contribution in [2.24, 2.45) is 0 Å². The predicted octanol–water partition coefficient (Wildman–Crippen LogP) is 4.32. The van der Waals surface area contributed by atoms with Gasteiger partial charge in [-0.3, -0.25) is 9.69 Å². The molecule has 1 N–H and O–H groups in total. The number of phenols is 1. The lowest BCUT2D eigenvalue weighted by Crippen LogP contribution is -2.39. The topological polar surface area (TPSA) is 49.8 Å². The molecule has 0 unspecified atom stereocenters. The lowest BCUT2D eigenvalue weighted by atomic mass is 9.94. The van der Waals surface area contributed by atoms with Crippen LogP contribution in [-0.2, 0) is 4.79 Å². The SMILES string of the molecule is CCOc1ccc(/C=C2\SC(=S)N(C3CCCCC3)C2=O)cc1O. The summed E-state index contributed by atoms with van der Waals surface area (Å²) in [5.74, 6) is 0.517. The van der Waals surface area contributed by atoms with E-state index in [1.807, 2.05) is 13.0 Å². The van der Waals surface area contributed by atoms with Gasteiger partial charge >= 0.3 is 0 Å². The molecular formula is C18H21NO3S2. The van der Waals surface area contributed by atoms with Crippen LogP contribution in [-0.4, -0.2) is 32.9 Å². The second kappa shape index (κ2) is 7.57. The Bertz CT molecular complexity index is 681. The summed E-state index contributed by atoms with van der Waals surface area (Å²) < 4.78 is 5.97. The largest absolute Gasteiger partial charge is 0.504 e. The summed E-state index contributed by atoms with van der Waals surface area (Å²) in [5.41, 5.74) is 0.764. The number of amides is 1. The van der Waals surface area contributed by atoms with Gasteiger partial charge in [-0.2, -0.15) is 0 Å². The van der Waals surface area contributed by atoms with Gasteiger partial charge in [0.1, 0.15) is 4.32 Å². The molecule has 0 aromatic heterocycles. The zero-order valence-electron chi connectivity index (χ0n) is 13.7. The lowest BCUT2D eigenvalue weighted by Gasteiger charge is -2.29. The third kappa shape index (κ3) is 3.59. The van der Waals surface area contributed by atoms with Gasteiger partial charge in [0.25, 0.3) is 5.91 Å². The van der Waals surface area contributed by atoms with E-state index in [0.29, 0.717) is 21.6 Å². The minimum atomic E-state index is -0.00901. The molecule has 6 heteroatoms. The van der Waals surface area contributed by atoms with Gasteiger partial charge in [-0.15, -0.1) is 0 Å². The molecule has 1 aliphatic heterocycles. The summed E-state index contributed by atoms with van der Waals surface area (Å²) in [6, 6.07) is 5.40. The van der Waals surface area contributed by atoms with Crippen LogP contribution in [0.25, 0.3) is 6.08 Å². The second-order valence-electron chi connectivity index (χ2n) is 6.00. The Balaban J connectivity index is 1.79. The molecule has 0 atom stereocenters. The van der Waals surface area contributed by atoms with E-state index in [0.717, 1.165) is 31.2 Å². The number of thioether (sulfide) groups is 1. The van der Waals surface area contributed by atoms with Gasteiger partial charge in [0, 0.05) is 6.04 Å². The molecule has 0 spiro atoms. The monoisotopic (exact) mass is 363 g/mol. The van der Waals surface area contributed by atoms with Crippen LogP contribution >= 0.6 is 24.0 Å². The maximum absolute atomic E-state index is 12.7. The molecule has 128 valence electrons. The first-order valence-corrected chi connectivity index (χ1v) is 9.55. The molecule has 1 amide bonds. The molecule has 1 saturated heterocycles. The zero-order chi connectivity index (χ0) is 17.1. The summed E-state index contributed by atoms with van der Waals surface area (Å²) >= 11 is 6.78. The highest BCUT2D eigenvalue weighted by molar-refractivity contribution is 8.26. The van der Waals surface area contributed by atoms with E-state index in [-0.39, 0.29) is 17.7 Å². The number of thiocarbonyl (C=S) groups is 1. The molecule has 3 rings (SSSR count). The van der Waals surface area contributed by atoms with E-state index in [2.05, 4.69) is 0 Å². The number of carbonyl (C=O) groups excluding carboxylic acids is 1. The van der Waals surface area contributed by atoms with Crippen molar-refractivity contribution in [1.29, 1.82) is 0 Å². The average molecular weight is 364 g/mol. The van der Waals surface area contributed by atoms with Crippen LogP contribution in [0.2, 0.25) is 0 Å². The van der Waals surface area contributed by atoms with Crippen molar-refractivity contribution in [1.82, 2.24) is 4.90 Å². The first kappa shape index (κ1) is 17.3. The van der Waals surface area contributed by atoms with Crippen molar-refractivity contribution in [3.05, 3.63) is 28.7 Å². The Morgan fingerprint density at radius 3 is 2.79 bits per heavy atom. The molecule has 0 bridgehead atoms. The van der Waals surface area contributed by atoms with Gasteiger partial charge in [-0.25, -0.2) is 0 Å². The normalized spacial score (nSPS) is 20.9. The van der Waals surface area contributed by atoms with E-state index in [9.17, 15) is 9.90 Å². The van der Waals surface area contributed by atoms with Crippen molar-refractivity contribution in [3.63, 3.8) is 0 Å². The van der Waals surface area contributed by atoms with Crippen molar-refractivity contribution >= 4 is 40.3 Å². The van der Waals surface area contributed by atoms with Crippen LogP contribution in [0.15, 0.2) is 23.1 Å². The summed E-state index contributed by atoms with van der Waals surface area (Å²) in [6.07, 6.45) is 7.42. The molecule has 24 heavy (non-hydrogen) atoms. The van der Waals surface area contributed by atoms with E-state index >= 15 is 0 Å². The van der Waals surface area contributed by atoms with Gasteiger partial charge in [-0.05, 0) is 43.5 Å². The van der Waals surface area contributed by atoms with Crippen LogP contribution < -0.4 is 4.74 Å². The first-order valence-electron chi connectivity index (χ1n) is 8.33. The van der Waals surface area contributed by atoms with Gasteiger partial charge in [0.2, 0.25) is 0 Å². The minimum absolute atomic E-state index is 0.00901. The van der Waals surface area contributed by atoms with E-state index in [4.69, 9.17) is 17.0 Å². The Morgan fingerprint density at radius 1 is 1.38 bits per heavy atom. The molecule has 1 aromatic rings. The molecule has 4 nitrogen and oxygen atoms in total. The van der Waals surface area contributed by atoms with Crippen LogP contribution in [0.4, 0.5) is 0 Å². The predicted molar refractivity (Wildman–Crippen MR) is 101 cm³/mol. The smallest absolute Gasteiger partial charge is 0.266 e. The number of rotatable bonds is 4. The number of nitrogens with zero attached hydrogens (tertiary/aromatic N) is 1. The van der Waals surface area contributed by atoms with Crippen molar-refractivity contribution in [2.75, 3.05) is 6.61 Å². The van der Waals surface area contributed by atoms with Crippen LogP contribution in [0.3, 0.4) is 0 Å². The fourth-order valence-electron chi connectivity index (χ4n) is 3.19. The highest BCUT2D eigenvalue weighted by Crippen LogP contribution is 2.38. The molecule has 1 saturated carbocycles. The molecular weight excluding hydrogens is 342 g/mol. The highest BCUT2D eigenvalue weighted by atomic mass is 32.2. The van der Waals surface area contributed by atoms with Gasteiger partial charge in [0.15, 0.2) is 11.5 Å². The van der Waals surface area contributed by atoms with Crippen LogP contribution in [0.5, 0.6) is 11.5 Å². The molecule has 0 radical (unpaired) electrons. The molecule has 2 fully saturated rings. The van der Waals surface area contributed by atoms with E-state index < -0.39 is 0 Å². The maximum atomic E-state index is 12.7. The summed E-state index contributed by atoms with van der Waals surface area (Å²) in [5, 5.41) is 9.99. The molecule has 1 aliphatic carbocycles. The second-order valence-corrected chi connectivity index (χ2v) is 7.68. The molecule has 2 aliphatic rings. The number of carbonyl (C=O) groups is 1. The van der Waals surface area contributed by atoms with E-state index in [1.54, 1.807) is 23.1 Å². The quantitative estimate of drug-likeness (QED) is 0.637. The first-order chi connectivity index (χ1) is 11.6. The van der Waals surface area contributed by atoms with Crippen molar-refractivity contribution in [3.8, 4) is 11.5 Å². The summed E-state index contributed by atoms with van der Waals surface area (Å²) in [4.78, 5) is 15.1. The third-order valence-corrected chi connectivity index (χ3v) is 5.67. The van der Waals surface area contributed by atoms with Crippen LogP contribution in [0.1, 0.15) is 44.6 Å². The Labute approximate surface area is 151 Å². The summed E-state index contributed by atoms with van der Waals surface area (Å²) in [6.45, 7) is 2.36. The summed E-state index contributed by atoms with van der Waals surface area (Å²) in [7, 11) is 0. The number of benzene rings is 1. The fourth-order valence-corrected chi connectivity index (χ4v) is 4.59. The van der Waals surface area contributed by atoms with Gasteiger partial charge in [0.05, 0.1) is 11.5 Å². The van der Waals surface area contributed by atoms with Gasteiger partial charge in [-0.1, -0.05) is 49.3 Å². The standard InChI is InChI=1S/C18H21NO3S2/c1-2-22-15-9-8-12(10-14(15)20)11-16-17(21)19(18(23)24-16)13-6-4-3-5-7-13/h8-11,13,20H,2-7H2,1H3/b16-11-. The van der Waals surface area contributed by atoms with E-state index in [1.165, 1.54) is 18.2 Å².